The van der Waals surface area contributed by atoms with Gasteiger partial charge in [0.05, 0.1) is 31.8 Å². The number of benzene rings is 2. The van der Waals surface area contributed by atoms with E-state index < -0.39 is 0 Å². The van der Waals surface area contributed by atoms with Crippen LogP contribution in [0.1, 0.15) is 22.4 Å². The molecule has 5 rings (SSSR count). The first-order valence-corrected chi connectivity index (χ1v) is 11.8. The Labute approximate surface area is 209 Å². The van der Waals surface area contributed by atoms with Crippen molar-refractivity contribution in [3.05, 3.63) is 82.7 Å². The molecule has 8 nitrogen and oxygen atoms in total. The molecule has 3 heterocycles. The number of nitrogens with zero attached hydrogens (tertiary/aromatic N) is 5. The molecule has 0 fully saturated rings. The highest BCUT2D eigenvalue weighted by molar-refractivity contribution is 6.28. The summed E-state index contributed by atoms with van der Waals surface area (Å²) in [6.07, 6.45) is 4.49. The number of anilines is 2. The van der Waals surface area contributed by atoms with Crippen LogP contribution in [-0.2, 0) is 19.5 Å². The second-order valence-corrected chi connectivity index (χ2v) is 8.84. The third kappa shape index (κ3) is 4.94. The first-order valence-electron chi connectivity index (χ1n) is 11.4. The molecule has 2 aromatic carbocycles. The predicted molar refractivity (Wildman–Crippen MR) is 136 cm³/mol. The molecular weight excluding hydrogens is 464 g/mol. The third-order valence-corrected chi connectivity index (χ3v) is 6.31. The van der Waals surface area contributed by atoms with Crippen LogP contribution in [0, 0.1) is 6.92 Å². The van der Waals surface area contributed by atoms with Crippen molar-refractivity contribution < 1.29 is 9.47 Å². The zero-order valence-electron chi connectivity index (χ0n) is 20.0. The number of aromatic nitrogens is 4. The van der Waals surface area contributed by atoms with E-state index in [9.17, 15) is 0 Å². The van der Waals surface area contributed by atoms with Gasteiger partial charge in [-0.25, -0.2) is 15.0 Å². The van der Waals surface area contributed by atoms with Gasteiger partial charge in [0.25, 0.3) is 0 Å². The van der Waals surface area contributed by atoms with Crippen molar-refractivity contribution in [2.45, 2.75) is 26.4 Å². The van der Waals surface area contributed by atoms with Crippen LogP contribution in [0.5, 0.6) is 11.5 Å². The van der Waals surface area contributed by atoms with Crippen LogP contribution in [0.2, 0.25) is 5.28 Å². The lowest BCUT2D eigenvalue weighted by atomic mass is 10.0. The van der Waals surface area contributed by atoms with E-state index in [0.717, 1.165) is 54.3 Å². The van der Waals surface area contributed by atoms with Gasteiger partial charge in [-0.15, -0.1) is 0 Å². The molecule has 180 valence electrons. The Morgan fingerprint density at radius 2 is 1.91 bits per heavy atom. The molecule has 9 heteroatoms. The van der Waals surface area contributed by atoms with Gasteiger partial charge in [-0.2, -0.15) is 0 Å². The average molecular weight is 491 g/mol. The number of methoxy groups -OCH3 is 2. The fraction of sp³-hybridized carbons (Fsp3) is 0.269. The maximum absolute atomic E-state index is 6.30. The number of imidazole rings is 1. The van der Waals surface area contributed by atoms with Crippen molar-refractivity contribution in [3.63, 3.8) is 0 Å². The highest BCUT2D eigenvalue weighted by Crippen LogP contribution is 2.34. The molecule has 0 amide bonds. The minimum absolute atomic E-state index is 0.225. The van der Waals surface area contributed by atoms with E-state index in [4.69, 9.17) is 21.1 Å². The molecule has 0 saturated carbocycles. The Morgan fingerprint density at radius 1 is 1.09 bits per heavy atom. The lowest BCUT2D eigenvalue weighted by Crippen LogP contribution is -2.31. The van der Waals surface area contributed by atoms with Crippen molar-refractivity contribution in [1.29, 1.82) is 0 Å². The standard InChI is InChI=1S/C26H27ClN6O2/c1-17-11-19(12-22(34-2)24(17)35-3)33-15-23(28-16-33)30-25-20-9-10-32(13-18-7-5-4-6-8-18)14-21(20)29-26(27)31-25/h4-8,11-12,15-16H,9-10,13-14H2,1-3H3,(H,29,30,31). The number of nitrogens with one attached hydrogen (secondary N) is 1. The van der Waals surface area contributed by atoms with Gasteiger partial charge < -0.3 is 19.4 Å². The molecule has 0 bridgehead atoms. The van der Waals surface area contributed by atoms with Gasteiger partial charge in [-0.3, -0.25) is 4.90 Å². The van der Waals surface area contributed by atoms with E-state index in [0.29, 0.717) is 17.4 Å². The number of hydrogen-bond acceptors (Lipinski definition) is 7. The average Bonchev–Trinajstić information content (AvgIpc) is 3.32. The smallest absolute Gasteiger partial charge is 0.224 e. The summed E-state index contributed by atoms with van der Waals surface area (Å²) >= 11 is 6.30. The molecule has 0 aliphatic carbocycles. The Bertz CT molecular complexity index is 1340. The third-order valence-electron chi connectivity index (χ3n) is 6.14. The monoisotopic (exact) mass is 490 g/mol. The summed E-state index contributed by atoms with van der Waals surface area (Å²) in [5.41, 5.74) is 5.20. The van der Waals surface area contributed by atoms with Crippen molar-refractivity contribution >= 4 is 23.2 Å². The molecule has 1 N–H and O–H groups in total. The van der Waals surface area contributed by atoms with Crippen LogP contribution in [0.15, 0.2) is 55.0 Å². The Morgan fingerprint density at radius 3 is 2.69 bits per heavy atom. The van der Waals surface area contributed by atoms with Crippen LogP contribution in [-0.4, -0.2) is 45.2 Å². The SMILES string of the molecule is COc1cc(-n2cnc(Nc3nc(Cl)nc4c3CCN(Cc3ccccc3)C4)c2)cc(C)c1OC. The predicted octanol–water partition coefficient (Wildman–Crippen LogP) is 4.94. The molecule has 1 aliphatic rings. The van der Waals surface area contributed by atoms with Crippen molar-refractivity contribution in [3.8, 4) is 17.2 Å². The molecule has 35 heavy (non-hydrogen) atoms. The Kier molecular flexibility index (Phi) is 6.57. The van der Waals surface area contributed by atoms with E-state index in [2.05, 4.69) is 49.4 Å². The lowest BCUT2D eigenvalue weighted by molar-refractivity contribution is 0.241. The van der Waals surface area contributed by atoms with Crippen molar-refractivity contribution in [2.24, 2.45) is 0 Å². The van der Waals surface area contributed by atoms with Crippen LogP contribution in [0.25, 0.3) is 5.69 Å². The zero-order valence-corrected chi connectivity index (χ0v) is 20.7. The molecule has 0 atom stereocenters. The summed E-state index contributed by atoms with van der Waals surface area (Å²) in [6, 6.07) is 14.4. The lowest BCUT2D eigenvalue weighted by Gasteiger charge is -2.29. The summed E-state index contributed by atoms with van der Waals surface area (Å²) in [6.45, 7) is 4.50. The highest BCUT2D eigenvalue weighted by atomic mass is 35.5. The van der Waals surface area contributed by atoms with Crippen LogP contribution < -0.4 is 14.8 Å². The number of fused-ring (bicyclic) bond motifs is 1. The van der Waals surface area contributed by atoms with Crippen LogP contribution in [0.4, 0.5) is 11.6 Å². The number of hydrogen-bond donors (Lipinski definition) is 1. The summed E-state index contributed by atoms with van der Waals surface area (Å²) < 4.78 is 12.9. The van der Waals surface area contributed by atoms with Gasteiger partial charge in [0, 0.05) is 31.3 Å². The number of ether oxygens (including phenoxy) is 2. The summed E-state index contributed by atoms with van der Waals surface area (Å²) in [5.74, 6) is 2.76. The van der Waals surface area contributed by atoms with Gasteiger partial charge in [-0.1, -0.05) is 30.3 Å². The van der Waals surface area contributed by atoms with Gasteiger partial charge in [0.1, 0.15) is 18.0 Å². The molecule has 0 spiro atoms. The first-order chi connectivity index (χ1) is 17.0. The minimum atomic E-state index is 0.225. The second kappa shape index (κ2) is 9.93. The largest absolute Gasteiger partial charge is 0.493 e. The van der Waals surface area contributed by atoms with Crippen LogP contribution >= 0.6 is 11.6 Å². The topological polar surface area (TPSA) is 77.3 Å². The van der Waals surface area contributed by atoms with Crippen molar-refractivity contribution in [1.82, 2.24) is 24.4 Å². The van der Waals surface area contributed by atoms with Crippen molar-refractivity contribution in [2.75, 3.05) is 26.1 Å². The molecule has 1 aliphatic heterocycles. The maximum atomic E-state index is 6.30. The number of rotatable bonds is 7. The van der Waals surface area contributed by atoms with Crippen LogP contribution in [0.3, 0.4) is 0 Å². The summed E-state index contributed by atoms with van der Waals surface area (Å²) in [5, 5.41) is 3.58. The van der Waals surface area contributed by atoms with Gasteiger partial charge in [-0.05, 0) is 42.1 Å². The molecule has 4 aromatic rings. The van der Waals surface area contributed by atoms with E-state index in [1.54, 1.807) is 20.5 Å². The summed E-state index contributed by atoms with van der Waals surface area (Å²) in [7, 11) is 3.27. The minimum Gasteiger partial charge on any atom is -0.493 e. The normalized spacial score (nSPS) is 13.4. The molecule has 0 radical (unpaired) electrons. The second-order valence-electron chi connectivity index (χ2n) is 8.50. The van der Waals surface area contributed by atoms with E-state index in [1.807, 2.05) is 35.9 Å². The quantitative estimate of drug-likeness (QED) is 0.367. The van der Waals surface area contributed by atoms with Gasteiger partial charge in [0.15, 0.2) is 11.5 Å². The molecule has 0 unspecified atom stereocenters. The Hall–Kier alpha value is -3.62. The first kappa shape index (κ1) is 23.1. The van der Waals surface area contributed by atoms with Gasteiger partial charge in [0.2, 0.25) is 5.28 Å². The fourth-order valence-electron chi connectivity index (χ4n) is 4.47. The van der Waals surface area contributed by atoms with Gasteiger partial charge >= 0.3 is 0 Å². The molecule has 0 saturated heterocycles. The Balaban J connectivity index is 1.36. The number of halogens is 1. The number of aryl methyl sites for hydroxylation is 1. The van der Waals surface area contributed by atoms with E-state index in [-0.39, 0.29) is 5.28 Å². The summed E-state index contributed by atoms with van der Waals surface area (Å²) in [4.78, 5) is 15.9. The van der Waals surface area contributed by atoms with E-state index >= 15 is 0 Å². The maximum Gasteiger partial charge on any atom is 0.224 e. The van der Waals surface area contributed by atoms with E-state index in [1.165, 1.54) is 5.56 Å². The highest BCUT2D eigenvalue weighted by Gasteiger charge is 2.23. The zero-order chi connectivity index (χ0) is 24.4. The molecule has 2 aromatic heterocycles. The molecular formula is C26H27ClN6O2. The fourth-order valence-corrected chi connectivity index (χ4v) is 4.66.